The lowest BCUT2D eigenvalue weighted by atomic mass is 9.96. The van der Waals surface area contributed by atoms with Crippen molar-refractivity contribution in [3.63, 3.8) is 0 Å². The van der Waals surface area contributed by atoms with Gasteiger partial charge in [0.15, 0.2) is 0 Å². The number of hydrogen-bond donors (Lipinski definition) is 2. The van der Waals surface area contributed by atoms with Crippen LogP contribution in [0, 0.1) is 11.7 Å². The smallest absolute Gasteiger partial charge is 0.258 e. The fourth-order valence-electron chi connectivity index (χ4n) is 4.36. The molecule has 0 atom stereocenters. The van der Waals surface area contributed by atoms with Gasteiger partial charge in [0.2, 0.25) is 0 Å². The molecule has 2 aliphatic rings. The molecule has 0 saturated carbocycles. The van der Waals surface area contributed by atoms with E-state index in [1.807, 2.05) is 36.4 Å². The van der Waals surface area contributed by atoms with Gasteiger partial charge in [0, 0.05) is 23.4 Å². The van der Waals surface area contributed by atoms with Crippen LogP contribution in [0.2, 0.25) is 0 Å². The molecule has 7 heteroatoms. The highest BCUT2D eigenvalue weighted by Gasteiger charge is 2.23. The summed E-state index contributed by atoms with van der Waals surface area (Å²) in [5, 5.41) is 11.6. The van der Waals surface area contributed by atoms with Crippen molar-refractivity contribution < 1.29 is 9.18 Å². The maximum Gasteiger partial charge on any atom is 0.258 e. The molecule has 1 saturated heterocycles. The molecule has 5 nitrogen and oxygen atoms in total. The minimum atomic E-state index is -0.117. The van der Waals surface area contributed by atoms with Crippen LogP contribution in [0.3, 0.4) is 0 Å². The van der Waals surface area contributed by atoms with E-state index in [4.69, 9.17) is 0 Å². The van der Waals surface area contributed by atoms with Crippen molar-refractivity contribution in [2.45, 2.75) is 24.2 Å². The van der Waals surface area contributed by atoms with Crippen LogP contribution in [0.15, 0.2) is 52.3 Å². The Morgan fingerprint density at radius 1 is 1.19 bits per heavy atom. The highest BCUT2D eigenvalue weighted by molar-refractivity contribution is 8.04. The van der Waals surface area contributed by atoms with Gasteiger partial charge >= 0.3 is 0 Å². The quantitative estimate of drug-likeness (QED) is 0.607. The highest BCUT2D eigenvalue weighted by atomic mass is 32.2. The van der Waals surface area contributed by atoms with Gasteiger partial charge in [0.25, 0.3) is 5.91 Å². The summed E-state index contributed by atoms with van der Waals surface area (Å²) in [7, 11) is 0. The number of carbonyl (C=O) groups is 1. The zero-order valence-electron chi connectivity index (χ0n) is 17.2. The van der Waals surface area contributed by atoms with E-state index in [0.717, 1.165) is 66.0 Å². The van der Waals surface area contributed by atoms with E-state index >= 15 is 0 Å². The van der Waals surface area contributed by atoms with Gasteiger partial charge in [-0.15, -0.1) is 0 Å². The number of halogens is 1. The lowest BCUT2D eigenvalue weighted by Gasteiger charge is -2.32. The monoisotopic (exact) mass is 436 g/mol. The predicted molar refractivity (Wildman–Crippen MR) is 122 cm³/mol. The second-order valence-electron chi connectivity index (χ2n) is 8.23. The second kappa shape index (κ2) is 8.85. The summed E-state index contributed by atoms with van der Waals surface area (Å²) in [6, 6.07) is 13.0. The number of amides is 1. The molecule has 5 rings (SSSR count). The SMILES string of the molecule is O=C(NCC1CCN(CCc2ccccc2F)CC1)C1=Cc2[nH]nc3cccc(c23)S1. The summed E-state index contributed by atoms with van der Waals surface area (Å²) in [6.07, 6.45) is 4.73. The summed E-state index contributed by atoms with van der Waals surface area (Å²) in [5.41, 5.74) is 2.61. The van der Waals surface area contributed by atoms with Crippen LogP contribution in [0.1, 0.15) is 24.1 Å². The Morgan fingerprint density at radius 3 is 2.87 bits per heavy atom. The third kappa shape index (κ3) is 4.38. The van der Waals surface area contributed by atoms with E-state index in [-0.39, 0.29) is 11.7 Å². The molecule has 0 aliphatic carbocycles. The molecule has 2 aliphatic heterocycles. The van der Waals surface area contributed by atoms with Gasteiger partial charge in [-0.2, -0.15) is 5.10 Å². The van der Waals surface area contributed by atoms with E-state index in [0.29, 0.717) is 17.4 Å². The van der Waals surface area contributed by atoms with Crippen LogP contribution in [-0.2, 0) is 11.2 Å². The van der Waals surface area contributed by atoms with Crippen LogP contribution in [-0.4, -0.2) is 47.2 Å². The molecule has 0 spiro atoms. The molecule has 1 aromatic heterocycles. The molecule has 0 unspecified atom stereocenters. The molecule has 2 aromatic carbocycles. The van der Waals surface area contributed by atoms with E-state index < -0.39 is 0 Å². The first-order chi connectivity index (χ1) is 15.2. The van der Waals surface area contributed by atoms with Crippen LogP contribution < -0.4 is 5.32 Å². The number of nitrogens with zero attached hydrogens (tertiary/aromatic N) is 2. The molecule has 0 bridgehead atoms. The molecule has 31 heavy (non-hydrogen) atoms. The van der Waals surface area contributed by atoms with Gasteiger partial charge in [-0.3, -0.25) is 9.89 Å². The first-order valence-electron chi connectivity index (χ1n) is 10.8. The van der Waals surface area contributed by atoms with E-state index in [2.05, 4.69) is 20.4 Å². The Bertz CT molecular complexity index is 1130. The standard InChI is InChI=1S/C24H25FN4OS/c25-18-5-2-1-4-17(18)10-13-29-11-8-16(9-12-29)15-26-24(30)22-14-20-23-19(27-28-20)6-3-7-21(23)31-22/h1-7,14,16H,8-13,15H2,(H,26,30)(H,27,28). The zero-order chi connectivity index (χ0) is 21.2. The average molecular weight is 437 g/mol. The molecule has 1 amide bonds. The Labute approximate surface area is 185 Å². The molecule has 1 fully saturated rings. The largest absolute Gasteiger partial charge is 0.351 e. The Balaban J connectivity index is 1.10. The number of aromatic nitrogens is 2. The van der Waals surface area contributed by atoms with Gasteiger partial charge < -0.3 is 10.2 Å². The van der Waals surface area contributed by atoms with E-state index in [1.165, 1.54) is 17.8 Å². The number of aromatic amines is 1. The fourth-order valence-corrected chi connectivity index (χ4v) is 5.40. The summed E-state index contributed by atoms with van der Waals surface area (Å²) >= 11 is 1.51. The first-order valence-corrected chi connectivity index (χ1v) is 11.6. The number of rotatable bonds is 6. The molecule has 3 aromatic rings. The fraction of sp³-hybridized carbons (Fsp3) is 0.333. The predicted octanol–water partition coefficient (Wildman–Crippen LogP) is 4.22. The minimum Gasteiger partial charge on any atom is -0.351 e. The highest BCUT2D eigenvalue weighted by Crippen LogP contribution is 2.39. The van der Waals surface area contributed by atoms with Gasteiger partial charge in [-0.1, -0.05) is 36.0 Å². The van der Waals surface area contributed by atoms with Crippen molar-refractivity contribution in [2.75, 3.05) is 26.2 Å². The van der Waals surface area contributed by atoms with Crippen molar-refractivity contribution in [1.82, 2.24) is 20.4 Å². The lowest BCUT2D eigenvalue weighted by molar-refractivity contribution is -0.117. The minimum absolute atomic E-state index is 0.0239. The van der Waals surface area contributed by atoms with Crippen molar-refractivity contribution in [1.29, 1.82) is 0 Å². The van der Waals surface area contributed by atoms with Gasteiger partial charge in [-0.05, 0) is 68.1 Å². The van der Waals surface area contributed by atoms with Gasteiger partial charge in [0.1, 0.15) is 5.82 Å². The number of piperidine rings is 1. The Morgan fingerprint density at radius 2 is 2.03 bits per heavy atom. The van der Waals surface area contributed by atoms with Crippen LogP contribution in [0.4, 0.5) is 4.39 Å². The van der Waals surface area contributed by atoms with E-state index in [9.17, 15) is 9.18 Å². The molecule has 160 valence electrons. The maximum absolute atomic E-state index is 13.8. The third-order valence-corrected chi connectivity index (χ3v) is 7.29. The molecular weight excluding hydrogens is 411 g/mol. The summed E-state index contributed by atoms with van der Waals surface area (Å²) in [4.78, 5) is 16.9. The summed E-state index contributed by atoms with van der Waals surface area (Å²) < 4.78 is 13.8. The zero-order valence-corrected chi connectivity index (χ0v) is 18.1. The number of hydrogen-bond acceptors (Lipinski definition) is 4. The topological polar surface area (TPSA) is 61.0 Å². The number of thioether (sulfide) groups is 1. The van der Waals surface area contributed by atoms with Crippen molar-refractivity contribution >= 4 is 34.6 Å². The van der Waals surface area contributed by atoms with Gasteiger partial charge in [0.05, 0.1) is 16.1 Å². The third-order valence-electron chi connectivity index (χ3n) is 6.20. The number of likely N-dealkylation sites (tertiary alicyclic amines) is 1. The first kappa shape index (κ1) is 20.3. The average Bonchev–Trinajstić information content (AvgIpc) is 3.22. The van der Waals surface area contributed by atoms with Crippen molar-refractivity contribution in [2.24, 2.45) is 5.92 Å². The number of H-pyrrole nitrogens is 1. The Kier molecular flexibility index (Phi) is 5.78. The summed E-state index contributed by atoms with van der Waals surface area (Å²) in [6.45, 7) is 3.55. The summed E-state index contributed by atoms with van der Waals surface area (Å²) in [5.74, 6) is 0.340. The number of nitrogens with one attached hydrogen (secondary N) is 2. The maximum atomic E-state index is 13.8. The number of benzene rings is 2. The van der Waals surface area contributed by atoms with Crippen molar-refractivity contribution in [3.05, 3.63) is 64.4 Å². The normalized spacial score (nSPS) is 17.0. The van der Waals surface area contributed by atoms with Crippen LogP contribution in [0.5, 0.6) is 0 Å². The molecular formula is C24H25FN4OS. The second-order valence-corrected chi connectivity index (χ2v) is 9.32. The van der Waals surface area contributed by atoms with Crippen LogP contribution in [0.25, 0.3) is 17.0 Å². The lowest BCUT2D eigenvalue weighted by Crippen LogP contribution is -2.39. The number of carbonyl (C=O) groups excluding carboxylic acids is 1. The van der Waals surface area contributed by atoms with Crippen molar-refractivity contribution in [3.8, 4) is 0 Å². The molecule has 2 N–H and O–H groups in total. The van der Waals surface area contributed by atoms with Gasteiger partial charge in [-0.25, -0.2) is 4.39 Å². The van der Waals surface area contributed by atoms with Crippen LogP contribution >= 0.6 is 11.8 Å². The molecule has 0 radical (unpaired) electrons. The van der Waals surface area contributed by atoms with E-state index in [1.54, 1.807) is 6.07 Å². The Hall–Kier alpha value is -2.64. The molecule has 3 heterocycles.